The fourth-order valence-corrected chi connectivity index (χ4v) is 1.73. The van der Waals surface area contributed by atoms with Crippen molar-refractivity contribution in [2.45, 2.75) is 13.8 Å². The molecule has 0 saturated heterocycles. The van der Waals surface area contributed by atoms with Crippen molar-refractivity contribution in [3.05, 3.63) is 29.3 Å². The van der Waals surface area contributed by atoms with Gasteiger partial charge < -0.3 is 10.1 Å². The van der Waals surface area contributed by atoms with Gasteiger partial charge in [-0.05, 0) is 37.7 Å². The quantitative estimate of drug-likeness (QED) is 0.784. The second kappa shape index (κ2) is 8.55. The van der Waals surface area contributed by atoms with E-state index in [0.717, 1.165) is 0 Å². The Labute approximate surface area is 123 Å². The molecule has 1 amide bonds. The number of hydrogen-bond donors (Lipinski definition) is 1. The van der Waals surface area contributed by atoms with Crippen LogP contribution >= 0.6 is 11.6 Å². The van der Waals surface area contributed by atoms with Crippen LogP contribution in [0.15, 0.2) is 24.3 Å². The molecule has 0 unspecified atom stereocenters. The number of rotatable bonds is 7. The van der Waals surface area contributed by atoms with Gasteiger partial charge in [0.05, 0.1) is 19.7 Å². The maximum absolute atomic E-state index is 11.9. The van der Waals surface area contributed by atoms with Crippen molar-refractivity contribution < 1.29 is 14.3 Å². The van der Waals surface area contributed by atoms with Gasteiger partial charge in [0, 0.05) is 10.7 Å². The molecule has 0 radical (unpaired) electrons. The van der Waals surface area contributed by atoms with E-state index in [4.69, 9.17) is 16.3 Å². The minimum absolute atomic E-state index is 0.110. The van der Waals surface area contributed by atoms with Gasteiger partial charge in [-0.1, -0.05) is 18.5 Å². The number of hydrogen-bond acceptors (Lipinski definition) is 4. The van der Waals surface area contributed by atoms with Gasteiger partial charge in [-0.2, -0.15) is 0 Å². The molecule has 110 valence electrons. The lowest BCUT2D eigenvalue weighted by atomic mass is 10.3. The Bertz CT molecular complexity index is 448. The van der Waals surface area contributed by atoms with Gasteiger partial charge in [0.15, 0.2) is 0 Å². The van der Waals surface area contributed by atoms with Crippen LogP contribution in [-0.4, -0.2) is 43.0 Å². The summed E-state index contributed by atoms with van der Waals surface area (Å²) in [7, 11) is 0. The molecule has 0 bridgehead atoms. The molecule has 0 spiro atoms. The van der Waals surface area contributed by atoms with E-state index in [2.05, 4.69) is 5.32 Å². The third kappa shape index (κ3) is 6.04. The summed E-state index contributed by atoms with van der Waals surface area (Å²) in [4.78, 5) is 25.0. The van der Waals surface area contributed by atoms with Crippen molar-refractivity contribution in [1.82, 2.24) is 4.90 Å². The number of carbonyl (C=O) groups is 2. The Morgan fingerprint density at radius 1 is 1.20 bits per heavy atom. The average molecular weight is 299 g/mol. The zero-order valence-electron chi connectivity index (χ0n) is 11.7. The van der Waals surface area contributed by atoms with Crippen LogP contribution in [0.1, 0.15) is 13.8 Å². The lowest BCUT2D eigenvalue weighted by Crippen LogP contribution is -2.37. The standard InChI is InChI=1S/C14H19ClN2O3/c1-3-17(10-14(19)20-4-2)9-13(18)16-12-7-5-11(15)6-8-12/h5-8H,3-4,9-10H2,1-2H3,(H,16,18). The summed E-state index contributed by atoms with van der Waals surface area (Å²) in [6, 6.07) is 6.85. The molecule has 1 aromatic rings. The van der Waals surface area contributed by atoms with E-state index in [1.165, 1.54) is 0 Å². The minimum atomic E-state index is -0.325. The summed E-state index contributed by atoms with van der Waals surface area (Å²) < 4.78 is 4.86. The van der Waals surface area contributed by atoms with Crippen molar-refractivity contribution in [3.63, 3.8) is 0 Å². The third-order valence-corrected chi connectivity index (χ3v) is 2.85. The first kappa shape index (κ1) is 16.5. The molecule has 0 fully saturated rings. The number of amides is 1. The number of carbonyl (C=O) groups excluding carboxylic acids is 2. The third-order valence-electron chi connectivity index (χ3n) is 2.60. The van der Waals surface area contributed by atoms with Crippen LogP contribution in [0.4, 0.5) is 5.69 Å². The van der Waals surface area contributed by atoms with Crippen LogP contribution in [0.3, 0.4) is 0 Å². The van der Waals surface area contributed by atoms with Crippen LogP contribution in [0.5, 0.6) is 0 Å². The Morgan fingerprint density at radius 2 is 1.85 bits per heavy atom. The first-order valence-electron chi connectivity index (χ1n) is 6.48. The SMILES string of the molecule is CCOC(=O)CN(CC)CC(=O)Nc1ccc(Cl)cc1. The molecule has 1 aromatic carbocycles. The monoisotopic (exact) mass is 298 g/mol. The molecule has 5 nitrogen and oxygen atoms in total. The number of anilines is 1. The summed E-state index contributed by atoms with van der Waals surface area (Å²) in [5.41, 5.74) is 0.673. The number of likely N-dealkylation sites (N-methyl/N-ethyl adjacent to an activating group) is 1. The zero-order chi connectivity index (χ0) is 15.0. The van der Waals surface area contributed by atoms with Crippen molar-refractivity contribution in [3.8, 4) is 0 Å². The summed E-state index contributed by atoms with van der Waals surface area (Å²) in [6.45, 7) is 4.81. The summed E-state index contributed by atoms with van der Waals surface area (Å²) in [5.74, 6) is -0.507. The number of nitrogens with zero attached hydrogens (tertiary/aromatic N) is 1. The van der Waals surface area contributed by atoms with E-state index in [0.29, 0.717) is 23.9 Å². The molecule has 0 atom stereocenters. The van der Waals surface area contributed by atoms with E-state index >= 15 is 0 Å². The van der Waals surface area contributed by atoms with Gasteiger partial charge in [-0.3, -0.25) is 14.5 Å². The van der Waals surface area contributed by atoms with E-state index in [9.17, 15) is 9.59 Å². The van der Waals surface area contributed by atoms with Gasteiger partial charge in [-0.25, -0.2) is 0 Å². The van der Waals surface area contributed by atoms with Crippen LogP contribution < -0.4 is 5.32 Å². The summed E-state index contributed by atoms with van der Waals surface area (Å²) >= 11 is 5.77. The number of nitrogens with one attached hydrogen (secondary N) is 1. The van der Waals surface area contributed by atoms with Crippen molar-refractivity contribution in [2.24, 2.45) is 0 Å². The molecule has 0 aliphatic heterocycles. The molecule has 0 aliphatic rings. The van der Waals surface area contributed by atoms with Crippen molar-refractivity contribution in [1.29, 1.82) is 0 Å². The first-order chi connectivity index (χ1) is 9.55. The van der Waals surface area contributed by atoms with Gasteiger partial charge in [0.25, 0.3) is 0 Å². The molecular formula is C14H19ClN2O3. The number of benzene rings is 1. The maximum Gasteiger partial charge on any atom is 0.320 e. The molecule has 20 heavy (non-hydrogen) atoms. The molecule has 0 heterocycles. The molecule has 6 heteroatoms. The zero-order valence-corrected chi connectivity index (χ0v) is 12.4. The van der Waals surface area contributed by atoms with Crippen LogP contribution in [0.2, 0.25) is 5.02 Å². The minimum Gasteiger partial charge on any atom is -0.465 e. The Balaban J connectivity index is 2.46. The molecular weight excluding hydrogens is 280 g/mol. The predicted molar refractivity (Wildman–Crippen MR) is 78.8 cm³/mol. The predicted octanol–water partition coefficient (Wildman–Crippen LogP) is 2.16. The van der Waals surface area contributed by atoms with Gasteiger partial charge >= 0.3 is 5.97 Å². The average Bonchev–Trinajstić information content (AvgIpc) is 2.41. The smallest absolute Gasteiger partial charge is 0.320 e. The highest BCUT2D eigenvalue weighted by Gasteiger charge is 2.13. The highest BCUT2D eigenvalue weighted by Crippen LogP contribution is 2.13. The Morgan fingerprint density at radius 3 is 2.40 bits per heavy atom. The van der Waals surface area contributed by atoms with E-state index in [-0.39, 0.29) is 25.0 Å². The highest BCUT2D eigenvalue weighted by atomic mass is 35.5. The first-order valence-corrected chi connectivity index (χ1v) is 6.86. The number of esters is 1. The van der Waals surface area contributed by atoms with Crippen molar-refractivity contribution >= 4 is 29.2 Å². The van der Waals surface area contributed by atoms with E-state index in [1.54, 1.807) is 36.1 Å². The second-order valence-corrected chi connectivity index (χ2v) is 4.60. The van der Waals surface area contributed by atoms with Gasteiger partial charge in [-0.15, -0.1) is 0 Å². The molecule has 0 saturated carbocycles. The van der Waals surface area contributed by atoms with Gasteiger partial charge in [0.2, 0.25) is 5.91 Å². The molecule has 1 rings (SSSR count). The molecule has 0 aliphatic carbocycles. The normalized spacial score (nSPS) is 10.4. The largest absolute Gasteiger partial charge is 0.465 e. The lowest BCUT2D eigenvalue weighted by molar-refractivity contribution is -0.144. The fraction of sp³-hybridized carbons (Fsp3) is 0.429. The maximum atomic E-state index is 11.9. The topological polar surface area (TPSA) is 58.6 Å². The van der Waals surface area contributed by atoms with Crippen LogP contribution in [0, 0.1) is 0 Å². The van der Waals surface area contributed by atoms with Gasteiger partial charge in [0.1, 0.15) is 0 Å². The van der Waals surface area contributed by atoms with Crippen LogP contribution in [-0.2, 0) is 14.3 Å². The number of halogens is 1. The van der Waals surface area contributed by atoms with E-state index in [1.807, 2.05) is 6.92 Å². The van der Waals surface area contributed by atoms with Crippen LogP contribution in [0.25, 0.3) is 0 Å². The number of ether oxygens (including phenoxy) is 1. The Hall–Kier alpha value is -1.59. The lowest BCUT2D eigenvalue weighted by Gasteiger charge is -2.18. The Kier molecular flexibility index (Phi) is 7.04. The highest BCUT2D eigenvalue weighted by molar-refractivity contribution is 6.30. The fourth-order valence-electron chi connectivity index (χ4n) is 1.61. The molecule has 1 N–H and O–H groups in total. The van der Waals surface area contributed by atoms with Crippen molar-refractivity contribution in [2.75, 3.05) is 31.6 Å². The van der Waals surface area contributed by atoms with E-state index < -0.39 is 0 Å². The second-order valence-electron chi connectivity index (χ2n) is 4.16. The summed E-state index contributed by atoms with van der Waals surface area (Å²) in [5, 5.41) is 3.36. The molecule has 0 aromatic heterocycles. The summed E-state index contributed by atoms with van der Waals surface area (Å²) in [6.07, 6.45) is 0.